The van der Waals surface area contributed by atoms with Crippen LogP contribution in [0.4, 0.5) is 10.5 Å². The molecular weight excluding hydrogens is 304 g/mol. The molecule has 1 fully saturated rings. The highest BCUT2D eigenvalue weighted by Crippen LogP contribution is 2.42. The first-order valence-corrected chi connectivity index (χ1v) is 7.40. The summed E-state index contributed by atoms with van der Waals surface area (Å²) >= 11 is 0. The average molecular weight is 322 g/mol. The Balaban J connectivity index is 1.85. The van der Waals surface area contributed by atoms with Gasteiger partial charge in [-0.15, -0.1) is 0 Å². The molecule has 1 aromatic rings. The Hall–Kier alpha value is -2.51. The molecule has 1 aromatic carbocycles. The summed E-state index contributed by atoms with van der Waals surface area (Å²) in [7, 11) is 0. The van der Waals surface area contributed by atoms with E-state index in [0.29, 0.717) is 25.1 Å². The first-order chi connectivity index (χ1) is 10.7. The molecule has 0 spiro atoms. The minimum absolute atomic E-state index is 0.112. The van der Waals surface area contributed by atoms with E-state index < -0.39 is 22.7 Å². The summed E-state index contributed by atoms with van der Waals surface area (Å²) < 4.78 is 11.5. The quantitative estimate of drug-likeness (QED) is 0.677. The van der Waals surface area contributed by atoms with Gasteiger partial charge in [0.15, 0.2) is 0 Å². The number of nitro benzene ring substituents is 1. The van der Waals surface area contributed by atoms with Crippen molar-refractivity contribution in [1.82, 2.24) is 4.90 Å². The van der Waals surface area contributed by atoms with Gasteiger partial charge in [-0.05, 0) is 13.8 Å². The summed E-state index contributed by atoms with van der Waals surface area (Å²) in [4.78, 5) is 23.0. The predicted molar refractivity (Wildman–Crippen MR) is 80.1 cm³/mol. The van der Waals surface area contributed by atoms with Crippen molar-refractivity contribution >= 4 is 11.8 Å². The Labute approximate surface area is 132 Å². The smallest absolute Gasteiger partial charge is 0.407 e. The molecule has 0 saturated carbocycles. The second-order valence-corrected chi connectivity index (χ2v) is 6.48. The van der Waals surface area contributed by atoms with Crippen LogP contribution in [-0.2, 0) is 6.42 Å². The zero-order valence-electron chi connectivity index (χ0n) is 12.9. The van der Waals surface area contributed by atoms with E-state index in [2.05, 4.69) is 0 Å². The van der Waals surface area contributed by atoms with Crippen molar-refractivity contribution in [3.63, 3.8) is 0 Å². The molecule has 23 heavy (non-hydrogen) atoms. The summed E-state index contributed by atoms with van der Waals surface area (Å²) in [6, 6.07) is 3.04. The Morgan fingerprint density at radius 3 is 2.87 bits per heavy atom. The van der Waals surface area contributed by atoms with Crippen LogP contribution in [0.3, 0.4) is 0 Å². The number of rotatable bonds is 3. The zero-order valence-corrected chi connectivity index (χ0v) is 12.9. The van der Waals surface area contributed by atoms with E-state index >= 15 is 0 Å². The molecule has 8 nitrogen and oxygen atoms in total. The van der Waals surface area contributed by atoms with Crippen LogP contribution in [0, 0.1) is 10.1 Å². The highest BCUT2D eigenvalue weighted by Gasteiger charge is 2.35. The molecule has 2 aliphatic heterocycles. The van der Waals surface area contributed by atoms with Crippen molar-refractivity contribution in [2.45, 2.75) is 38.4 Å². The molecule has 0 aliphatic carbocycles. The standard InChI is InChI=1S/C15H18N2O6/c1-15(2)7-9-5-11(17(20)21)13(6-12(9)23-15)22-10-3-4-16(8-10)14(18)19/h5-6,10H,3-4,7-8H2,1-2H3,(H,18,19)/t10-/m1/s1. The number of amides is 1. The van der Waals surface area contributed by atoms with Crippen LogP contribution >= 0.6 is 0 Å². The fourth-order valence-electron chi connectivity index (χ4n) is 3.03. The molecule has 8 heteroatoms. The van der Waals surface area contributed by atoms with Crippen molar-refractivity contribution < 1.29 is 24.3 Å². The maximum Gasteiger partial charge on any atom is 0.407 e. The van der Waals surface area contributed by atoms with Gasteiger partial charge in [-0.3, -0.25) is 10.1 Å². The van der Waals surface area contributed by atoms with E-state index in [-0.39, 0.29) is 18.0 Å². The normalized spacial score (nSPS) is 21.7. The number of carboxylic acid groups (broad SMARTS) is 1. The molecule has 0 bridgehead atoms. The number of nitrogens with zero attached hydrogens (tertiary/aromatic N) is 2. The minimum atomic E-state index is -1.01. The summed E-state index contributed by atoms with van der Waals surface area (Å²) in [6.07, 6.45) is -0.297. The van der Waals surface area contributed by atoms with E-state index in [0.717, 1.165) is 5.56 Å². The first-order valence-electron chi connectivity index (χ1n) is 7.40. The van der Waals surface area contributed by atoms with Gasteiger partial charge in [0.2, 0.25) is 5.75 Å². The summed E-state index contributed by atoms with van der Waals surface area (Å²) in [5.41, 5.74) is 0.272. The third-order valence-corrected chi connectivity index (χ3v) is 4.05. The van der Waals surface area contributed by atoms with Crippen LogP contribution in [0.25, 0.3) is 0 Å². The number of carbonyl (C=O) groups is 1. The number of hydrogen-bond donors (Lipinski definition) is 1. The number of hydrogen-bond acceptors (Lipinski definition) is 5. The SMILES string of the molecule is CC1(C)Cc2cc([N+](=O)[O-])c(O[C@@H]3CCN(C(=O)O)C3)cc2O1. The third kappa shape index (κ3) is 3.01. The lowest BCUT2D eigenvalue weighted by Gasteiger charge is -2.17. The van der Waals surface area contributed by atoms with Crippen LogP contribution in [0.5, 0.6) is 11.5 Å². The topological polar surface area (TPSA) is 102 Å². The number of benzene rings is 1. The van der Waals surface area contributed by atoms with Gasteiger partial charge < -0.3 is 19.5 Å². The van der Waals surface area contributed by atoms with Crippen molar-refractivity contribution in [2.75, 3.05) is 13.1 Å². The van der Waals surface area contributed by atoms with E-state index in [9.17, 15) is 14.9 Å². The van der Waals surface area contributed by atoms with Crippen LogP contribution in [0.2, 0.25) is 0 Å². The van der Waals surface area contributed by atoms with Crippen molar-refractivity contribution in [3.05, 3.63) is 27.8 Å². The molecule has 124 valence electrons. The Bertz CT molecular complexity index is 672. The molecule has 2 aliphatic rings. The Morgan fingerprint density at radius 1 is 1.52 bits per heavy atom. The van der Waals surface area contributed by atoms with E-state index in [4.69, 9.17) is 14.6 Å². The maximum atomic E-state index is 11.3. The third-order valence-electron chi connectivity index (χ3n) is 4.05. The second kappa shape index (κ2) is 5.29. The zero-order chi connectivity index (χ0) is 16.8. The van der Waals surface area contributed by atoms with Gasteiger partial charge in [-0.1, -0.05) is 0 Å². The highest BCUT2D eigenvalue weighted by atomic mass is 16.6. The number of nitro groups is 1. The van der Waals surface area contributed by atoms with E-state index in [1.54, 1.807) is 6.07 Å². The Kier molecular flexibility index (Phi) is 3.54. The maximum absolute atomic E-state index is 11.3. The van der Waals surface area contributed by atoms with Gasteiger partial charge in [0.1, 0.15) is 17.5 Å². The van der Waals surface area contributed by atoms with Gasteiger partial charge in [-0.2, -0.15) is 0 Å². The van der Waals surface area contributed by atoms with Crippen molar-refractivity contribution in [3.8, 4) is 11.5 Å². The van der Waals surface area contributed by atoms with Crippen molar-refractivity contribution in [1.29, 1.82) is 0 Å². The summed E-state index contributed by atoms with van der Waals surface area (Å²) in [5, 5.41) is 20.3. The van der Waals surface area contributed by atoms with E-state index in [1.165, 1.54) is 11.0 Å². The molecule has 3 rings (SSSR count). The van der Waals surface area contributed by atoms with Crippen molar-refractivity contribution in [2.24, 2.45) is 0 Å². The molecule has 1 amide bonds. The molecule has 1 N–H and O–H groups in total. The first kappa shape index (κ1) is 15.4. The van der Waals surface area contributed by atoms with Crippen LogP contribution < -0.4 is 9.47 Å². The number of fused-ring (bicyclic) bond motifs is 1. The van der Waals surface area contributed by atoms with Gasteiger partial charge in [0, 0.05) is 37.1 Å². The molecular formula is C15H18N2O6. The predicted octanol–water partition coefficient (Wildman–Crippen LogP) is 2.44. The number of ether oxygens (including phenoxy) is 2. The molecule has 0 radical (unpaired) electrons. The van der Waals surface area contributed by atoms with Gasteiger partial charge >= 0.3 is 11.8 Å². The average Bonchev–Trinajstić information content (AvgIpc) is 3.00. The van der Waals surface area contributed by atoms with Gasteiger partial charge in [0.05, 0.1) is 11.5 Å². The van der Waals surface area contributed by atoms with Crippen LogP contribution in [-0.4, -0.2) is 45.8 Å². The largest absolute Gasteiger partial charge is 0.487 e. The molecule has 1 atom stereocenters. The molecule has 2 heterocycles. The minimum Gasteiger partial charge on any atom is -0.487 e. The molecule has 0 unspecified atom stereocenters. The fraction of sp³-hybridized carbons (Fsp3) is 0.533. The van der Waals surface area contributed by atoms with Gasteiger partial charge in [-0.25, -0.2) is 4.79 Å². The summed E-state index contributed by atoms with van der Waals surface area (Å²) in [5.74, 6) is 0.715. The van der Waals surface area contributed by atoms with Crippen LogP contribution in [0.15, 0.2) is 12.1 Å². The molecule has 0 aromatic heterocycles. The van der Waals surface area contributed by atoms with Gasteiger partial charge in [0.25, 0.3) is 0 Å². The lowest BCUT2D eigenvalue weighted by molar-refractivity contribution is -0.386. The highest BCUT2D eigenvalue weighted by molar-refractivity contribution is 5.65. The van der Waals surface area contributed by atoms with Crippen LogP contribution in [0.1, 0.15) is 25.8 Å². The number of likely N-dealkylation sites (tertiary alicyclic amines) is 1. The summed E-state index contributed by atoms with van der Waals surface area (Å²) in [6.45, 7) is 4.40. The molecule has 1 saturated heterocycles. The monoisotopic (exact) mass is 322 g/mol. The lowest BCUT2D eigenvalue weighted by Crippen LogP contribution is -2.29. The Morgan fingerprint density at radius 2 is 2.26 bits per heavy atom. The van der Waals surface area contributed by atoms with E-state index in [1.807, 2.05) is 13.8 Å². The second-order valence-electron chi connectivity index (χ2n) is 6.48. The lowest BCUT2D eigenvalue weighted by atomic mass is 10.0. The fourth-order valence-corrected chi connectivity index (χ4v) is 3.03.